The van der Waals surface area contributed by atoms with Crippen LogP contribution in [0.25, 0.3) is 0 Å². The summed E-state index contributed by atoms with van der Waals surface area (Å²) in [4.78, 5) is 11.7. The molecule has 1 aromatic heterocycles. The number of carbonyl (C=O) groups is 1. The zero-order valence-electron chi connectivity index (χ0n) is 9.94. The Morgan fingerprint density at radius 2 is 2.00 bits per heavy atom. The molecule has 0 bridgehead atoms. The molecule has 1 N–H and O–H groups in total. The van der Waals surface area contributed by atoms with E-state index in [4.69, 9.17) is 16.1 Å². The van der Waals surface area contributed by atoms with Crippen LogP contribution in [-0.2, 0) is 12.4 Å². The average molecular weight is 265 g/mol. The van der Waals surface area contributed by atoms with Crippen LogP contribution < -0.4 is 5.32 Å². The molecule has 0 atom stereocenters. The van der Waals surface area contributed by atoms with Gasteiger partial charge in [-0.25, -0.2) is 0 Å². The fourth-order valence-electron chi connectivity index (χ4n) is 1.49. The van der Waals surface area contributed by atoms with Gasteiger partial charge in [0.25, 0.3) is 5.91 Å². The lowest BCUT2D eigenvalue weighted by Gasteiger charge is -2.03. The summed E-state index contributed by atoms with van der Waals surface area (Å²) in [5.74, 6) is 0.450. The van der Waals surface area contributed by atoms with Gasteiger partial charge in [-0.1, -0.05) is 29.4 Å². The number of alkyl halides is 1. The van der Waals surface area contributed by atoms with Crippen molar-refractivity contribution >= 4 is 17.5 Å². The molecule has 0 aliphatic rings. The van der Waals surface area contributed by atoms with Crippen LogP contribution in [-0.4, -0.2) is 11.1 Å². The van der Waals surface area contributed by atoms with E-state index in [9.17, 15) is 4.79 Å². The third-order valence-electron chi connectivity index (χ3n) is 2.48. The molecule has 0 saturated heterocycles. The maximum absolute atomic E-state index is 11.7. The van der Waals surface area contributed by atoms with Crippen LogP contribution in [0, 0.1) is 6.92 Å². The van der Waals surface area contributed by atoms with Crippen molar-refractivity contribution in [3.8, 4) is 0 Å². The normalized spacial score (nSPS) is 10.3. The Hall–Kier alpha value is -1.81. The van der Waals surface area contributed by atoms with Crippen molar-refractivity contribution in [3.05, 3.63) is 52.9 Å². The van der Waals surface area contributed by atoms with E-state index in [0.717, 1.165) is 11.1 Å². The number of rotatable bonds is 4. The van der Waals surface area contributed by atoms with E-state index in [0.29, 0.717) is 18.1 Å². The van der Waals surface area contributed by atoms with Gasteiger partial charge in [0, 0.05) is 18.5 Å². The topological polar surface area (TPSA) is 55.1 Å². The Bertz CT molecular complexity index is 534. The van der Waals surface area contributed by atoms with Crippen molar-refractivity contribution in [3.63, 3.8) is 0 Å². The van der Waals surface area contributed by atoms with Crippen LogP contribution in [0.3, 0.4) is 0 Å². The lowest BCUT2D eigenvalue weighted by Crippen LogP contribution is -2.22. The number of halogens is 1. The van der Waals surface area contributed by atoms with E-state index in [1.807, 2.05) is 24.3 Å². The third kappa shape index (κ3) is 3.11. The third-order valence-corrected chi connectivity index (χ3v) is 2.79. The molecule has 0 saturated carbocycles. The molecule has 94 valence electrons. The summed E-state index contributed by atoms with van der Waals surface area (Å²) < 4.78 is 4.87. The van der Waals surface area contributed by atoms with Crippen molar-refractivity contribution in [2.24, 2.45) is 0 Å². The number of carbonyl (C=O) groups excluding carboxylic acids is 1. The molecule has 0 radical (unpaired) electrons. The average Bonchev–Trinajstić information content (AvgIpc) is 2.83. The molecule has 2 aromatic rings. The van der Waals surface area contributed by atoms with Gasteiger partial charge in [0.1, 0.15) is 0 Å². The number of benzene rings is 1. The highest BCUT2D eigenvalue weighted by Crippen LogP contribution is 2.07. The number of nitrogens with one attached hydrogen (secondary N) is 1. The van der Waals surface area contributed by atoms with Crippen LogP contribution in [0.1, 0.15) is 27.4 Å². The maximum atomic E-state index is 11.7. The molecule has 1 amide bonds. The van der Waals surface area contributed by atoms with Crippen molar-refractivity contribution < 1.29 is 9.32 Å². The molecule has 1 heterocycles. The Morgan fingerprint density at radius 1 is 1.33 bits per heavy atom. The largest absolute Gasteiger partial charge is 0.351 e. The van der Waals surface area contributed by atoms with Crippen molar-refractivity contribution in [2.75, 3.05) is 0 Å². The molecule has 0 aliphatic heterocycles. The van der Waals surface area contributed by atoms with Crippen LogP contribution in [0.5, 0.6) is 0 Å². The molecule has 2 rings (SSSR count). The van der Waals surface area contributed by atoms with Gasteiger partial charge in [-0.05, 0) is 18.1 Å². The second-order valence-corrected chi connectivity index (χ2v) is 4.23. The van der Waals surface area contributed by atoms with Gasteiger partial charge in [-0.15, -0.1) is 11.6 Å². The fraction of sp³-hybridized carbons (Fsp3) is 0.231. The summed E-state index contributed by atoms with van der Waals surface area (Å²) in [6.45, 7) is 2.21. The number of amides is 1. The molecule has 1 aromatic carbocycles. The first-order valence-electron chi connectivity index (χ1n) is 5.54. The Kier molecular flexibility index (Phi) is 3.99. The monoisotopic (exact) mass is 264 g/mol. The molecule has 0 aliphatic carbocycles. The second kappa shape index (κ2) is 5.69. The summed E-state index contributed by atoms with van der Waals surface area (Å²) in [6.07, 6.45) is 0. The molecule has 4 nitrogen and oxygen atoms in total. The number of nitrogens with zero attached hydrogens (tertiary/aromatic N) is 1. The number of hydrogen-bond donors (Lipinski definition) is 1. The summed E-state index contributed by atoms with van der Waals surface area (Å²) in [5.41, 5.74) is 2.75. The van der Waals surface area contributed by atoms with Crippen LogP contribution in [0.15, 0.2) is 34.9 Å². The van der Waals surface area contributed by atoms with Gasteiger partial charge in [-0.3, -0.25) is 4.79 Å². The first-order chi connectivity index (χ1) is 8.69. The summed E-state index contributed by atoms with van der Waals surface area (Å²) in [6, 6.07) is 9.35. The maximum Gasteiger partial charge on any atom is 0.290 e. The molecule has 0 unspecified atom stereocenters. The van der Waals surface area contributed by atoms with Gasteiger partial charge in [0.05, 0.1) is 5.69 Å². The zero-order chi connectivity index (χ0) is 13.0. The highest BCUT2D eigenvalue weighted by atomic mass is 35.5. The van der Waals surface area contributed by atoms with Crippen molar-refractivity contribution in [2.45, 2.75) is 19.3 Å². The zero-order valence-corrected chi connectivity index (χ0v) is 10.7. The summed E-state index contributed by atoms with van der Waals surface area (Å²) in [5, 5.41) is 6.43. The van der Waals surface area contributed by atoms with Gasteiger partial charge in [-0.2, -0.15) is 0 Å². The van der Waals surface area contributed by atoms with E-state index in [1.165, 1.54) is 0 Å². The van der Waals surface area contributed by atoms with Gasteiger partial charge >= 0.3 is 0 Å². The number of hydrogen-bond acceptors (Lipinski definition) is 3. The van der Waals surface area contributed by atoms with Crippen LogP contribution in [0.2, 0.25) is 0 Å². The van der Waals surface area contributed by atoms with Crippen molar-refractivity contribution in [1.29, 1.82) is 0 Å². The van der Waals surface area contributed by atoms with Gasteiger partial charge in [0.2, 0.25) is 5.76 Å². The van der Waals surface area contributed by atoms with Crippen molar-refractivity contribution in [1.82, 2.24) is 10.5 Å². The number of aryl methyl sites for hydroxylation is 1. The quantitative estimate of drug-likeness (QED) is 0.864. The minimum atomic E-state index is -0.267. The summed E-state index contributed by atoms with van der Waals surface area (Å²) >= 11 is 5.70. The highest BCUT2D eigenvalue weighted by Gasteiger charge is 2.10. The van der Waals surface area contributed by atoms with Crippen LogP contribution >= 0.6 is 11.6 Å². The molecule has 18 heavy (non-hydrogen) atoms. The molecular formula is C13H13ClN2O2. The lowest BCUT2D eigenvalue weighted by molar-refractivity contribution is 0.0914. The molecule has 0 spiro atoms. The Labute approximate surface area is 110 Å². The van der Waals surface area contributed by atoms with Crippen LogP contribution in [0.4, 0.5) is 0 Å². The predicted octanol–water partition coefficient (Wildman–Crippen LogP) is 2.65. The minimum Gasteiger partial charge on any atom is -0.351 e. The first-order valence-corrected chi connectivity index (χ1v) is 6.08. The Balaban J connectivity index is 1.92. The first kappa shape index (κ1) is 12.6. The molecular weight excluding hydrogens is 252 g/mol. The van der Waals surface area contributed by atoms with Gasteiger partial charge in [0.15, 0.2) is 0 Å². The lowest BCUT2D eigenvalue weighted by atomic mass is 10.1. The highest BCUT2D eigenvalue weighted by molar-refractivity contribution is 6.17. The van der Waals surface area contributed by atoms with E-state index in [2.05, 4.69) is 10.5 Å². The standard InChI is InChI=1S/C13H13ClN2O2/c1-9-6-12(18-16-9)13(17)15-8-11-4-2-10(7-14)3-5-11/h2-6H,7-8H2,1H3,(H,15,17). The van der Waals surface area contributed by atoms with E-state index < -0.39 is 0 Å². The molecule has 0 fully saturated rings. The minimum absolute atomic E-state index is 0.227. The fourth-order valence-corrected chi connectivity index (χ4v) is 1.66. The Morgan fingerprint density at radius 3 is 2.56 bits per heavy atom. The van der Waals surface area contributed by atoms with E-state index in [1.54, 1.807) is 13.0 Å². The SMILES string of the molecule is Cc1cc(C(=O)NCc2ccc(CCl)cc2)on1. The van der Waals surface area contributed by atoms with Gasteiger partial charge < -0.3 is 9.84 Å². The smallest absolute Gasteiger partial charge is 0.290 e. The van der Waals surface area contributed by atoms with E-state index >= 15 is 0 Å². The van der Waals surface area contributed by atoms with E-state index in [-0.39, 0.29) is 11.7 Å². The summed E-state index contributed by atoms with van der Waals surface area (Å²) in [7, 11) is 0. The second-order valence-electron chi connectivity index (χ2n) is 3.97. The molecule has 5 heteroatoms. The predicted molar refractivity (Wildman–Crippen MR) is 68.4 cm³/mol. The number of aromatic nitrogens is 1.